The fraction of sp³-hybridized carbons (Fsp3) is 0.333. The van der Waals surface area contributed by atoms with Crippen LogP contribution in [0.2, 0.25) is 0 Å². The largest absolute Gasteiger partial charge is 0.312 e. The summed E-state index contributed by atoms with van der Waals surface area (Å²) in [6, 6.07) is 15.7. The molecule has 24 heavy (non-hydrogen) atoms. The molecule has 0 fully saturated rings. The van der Waals surface area contributed by atoms with Crippen molar-refractivity contribution in [3.8, 4) is 0 Å². The van der Waals surface area contributed by atoms with Crippen molar-refractivity contribution in [2.24, 2.45) is 0 Å². The lowest BCUT2D eigenvalue weighted by atomic mass is 9.87. The molecular formula is C21H24N2S. The van der Waals surface area contributed by atoms with Gasteiger partial charge < -0.3 is 5.32 Å². The van der Waals surface area contributed by atoms with Crippen molar-refractivity contribution >= 4 is 22.9 Å². The smallest absolute Gasteiger partial charge is 0.0600 e. The highest BCUT2D eigenvalue weighted by Crippen LogP contribution is 2.33. The Kier molecular flexibility index (Phi) is 3.93. The molecule has 0 radical (unpaired) electrons. The van der Waals surface area contributed by atoms with Crippen molar-refractivity contribution in [1.82, 2.24) is 9.29 Å². The van der Waals surface area contributed by atoms with Crippen molar-refractivity contribution in [1.29, 1.82) is 0 Å². The van der Waals surface area contributed by atoms with E-state index in [0.717, 1.165) is 19.5 Å². The number of hydrogen-bond acceptors (Lipinski definition) is 2. The summed E-state index contributed by atoms with van der Waals surface area (Å²) in [5.74, 6) is 0. The first kappa shape index (κ1) is 15.8. The molecule has 124 valence electrons. The van der Waals surface area contributed by atoms with Gasteiger partial charge in [0.1, 0.15) is 0 Å². The number of rotatable bonds is 2. The molecule has 3 aromatic rings. The van der Waals surface area contributed by atoms with Gasteiger partial charge in [0.05, 0.1) is 5.52 Å². The van der Waals surface area contributed by atoms with E-state index in [2.05, 4.69) is 78.7 Å². The maximum absolute atomic E-state index is 3.51. The summed E-state index contributed by atoms with van der Waals surface area (Å²) >= 11 is 1.81. The van der Waals surface area contributed by atoms with E-state index in [-0.39, 0.29) is 5.41 Å². The third kappa shape index (κ3) is 2.87. The van der Waals surface area contributed by atoms with Gasteiger partial charge in [-0.15, -0.1) is 0 Å². The van der Waals surface area contributed by atoms with Gasteiger partial charge in [-0.05, 0) is 65.2 Å². The number of benzene rings is 2. The second-order valence-electron chi connectivity index (χ2n) is 7.58. The predicted octanol–water partition coefficient (Wildman–Crippen LogP) is 5.14. The Morgan fingerprint density at radius 3 is 2.54 bits per heavy atom. The Morgan fingerprint density at radius 1 is 1.00 bits per heavy atom. The van der Waals surface area contributed by atoms with Crippen LogP contribution in [0.3, 0.4) is 0 Å². The van der Waals surface area contributed by atoms with E-state index >= 15 is 0 Å². The number of nitrogens with zero attached hydrogens (tertiary/aromatic N) is 1. The van der Waals surface area contributed by atoms with E-state index < -0.39 is 0 Å². The third-order valence-electron chi connectivity index (χ3n) is 4.77. The zero-order chi connectivity index (χ0) is 16.7. The molecule has 0 aliphatic carbocycles. The molecule has 2 nitrogen and oxygen atoms in total. The van der Waals surface area contributed by atoms with Crippen molar-refractivity contribution in [2.75, 3.05) is 6.54 Å². The van der Waals surface area contributed by atoms with Crippen LogP contribution < -0.4 is 5.32 Å². The van der Waals surface area contributed by atoms with E-state index in [1.807, 2.05) is 11.9 Å². The Morgan fingerprint density at radius 2 is 1.79 bits per heavy atom. The molecule has 4 rings (SSSR count). The molecule has 0 unspecified atom stereocenters. The standard InChI is InChI=1S/C21H24N2S/c1-21(2,3)17-7-9-18(10-8-17)24-23-14-16-11-12-22-13-15-5-4-6-19(23)20(15)16/h4-10,14,22H,11-13H2,1-3H3. The average Bonchev–Trinajstić information content (AvgIpc) is 2.76. The van der Waals surface area contributed by atoms with Gasteiger partial charge in [0, 0.05) is 23.0 Å². The lowest BCUT2D eigenvalue weighted by Gasteiger charge is -2.19. The molecule has 2 aromatic carbocycles. The van der Waals surface area contributed by atoms with E-state index in [4.69, 9.17) is 0 Å². The van der Waals surface area contributed by atoms with Crippen molar-refractivity contribution in [3.05, 3.63) is 65.4 Å². The van der Waals surface area contributed by atoms with Gasteiger partial charge in [-0.3, -0.25) is 3.97 Å². The van der Waals surface area contributed by atoms with E-state index in [1.165, 1.54) is 32.5 Å². The van der Waals surface area contributed by atoms with Gasteiger partial charge in [0.15, 0.2) is 0 Å². The highest BCUT2D eigenvalue weighted by atomic mass is 32.2. The van der Waals surface area contributed by atoms with E-state index in [9.17, 15) is 0 Å². The first-order valence-electron chi connectivity index (χ1n) is 8.64. The molecule has 0 saturated heterocycles. The monoisotopic (exact) mass is 336 g/mol. The van der Waals surface area contributed by atoms with Crippen LogP contribution in [0.25, 0.3) is 10.9 Å². The minimum Gasteiger partial charge on any atom is -0.312 e. The van der Waals surface area contributed by atoms with Gasteiger partial charge in [0.25, 0.3) is 0 Å². The van der Waals surface area contributed by atoms with Crippen molar-refractivity contribution < 1.29 is 0 Å². The molecule has 1 aromatic heterocycles. The maximum Gasteiger partial charge on any atom is 0.0600 e. The van der Waals surface area contributed by atoms with Crippen LogP contribution >= 0.6 is 11.9 Å². The van der Waals surface area contributed by atoms with Gasteiger partial charge in [0.2, 0.25) is 0 Å². The lowest BCUT2D eigenvalue weighted by Crippen LogP contribution is -2.13. The van der Waals surface area contributed by atoms with Crippen LogP contribution in [-0.2, 0) is 18.4 Å². The minimum atomic E-state index is 0.204. The highest BCUT2D eigenvalue weighted by molar-refractivity contribution is 7.98. The predicted molar refractivity (Wildman–Crippen MR) is 104 cm³/mol. The van der Waals surface area contributed by atoms with Crippen LogP contribution in [0, 0.1) is 0 Å². The SMILES string of the molecule is CC(C)(C)c1ccc(Sn2cc3c4c(cccc42)CNCC3)cc1. The van der Waals surface area contributed by atoms with Crippen LogP contribution in [-0.4, -0.2) is 10.5 Å². The van der Waals surface area contributed by atoms with Crippen LogP contribution in [0.4, 0.5) is 0 Å². The molecule has 1 N–H and O–H groups in total. The second kappa shape index (κ2) is 5.98. The molecule has 0 saturated carbocycles. The number of hydrogen-bond donors (Lipinski definition) is 1. The first-order valence-corrected chi connectivity index (χ1v) is 9.41. The quantitative estimate of drug-likeness (QED) is 0.698. The normalized spacial score (nSPS) is 14.8. The summed E-state index contributed by atoms with van der Waals surface area (Å²) in [7, 11) is 0. The maximum atomic E-state index is 3.51. The molecule has 0 amide bonds. The molecule has 0 bridgehead atoms. The molecule has 1 aliphatic heterocycles. The summed E-state index contributed by atoms with van der Waals surface area (Å²) in [5.41, 5.74) is 5.80. The lowest BCUT2D eigenvalue weighted by molar-refractivity contribution is 0.590. The van der Waals surface area contributed by atoms with Gasteiger partial charge in [-0.25, -0.2) is 0 Å². The number of nitrogens with one attached hydrogen (secondary N) is 1. The average molecular weight is 337 g/mol. The summed E-state index contributed by atoms with van der Waals surface area (Å²) < 4.78 is 2.34. The molecule has 1 aliphatic rings. The van der Waals surface area contributed by atoms with Gasteiger partial charge >= 0.3 is 0 Å². The Balaban J connectivity index is 1.70. The molecular weight excluding hydrogens is 312 g/mol. The summed E-state index contributed by atoms with van der Waals surface area (Å²) in [6.45, 7) is 8.80. The van der Waals surface area contributed by atoms with Gasteiger partial charge in [-0.1, -0.05) is 45.0 Å². The topological polar surface area (TPSA) is 17.0 Å². The van der Waals surface area contributed by atoms with Gasteiger partial charge in [-0.2, -0.15) is 0 Å². The van der Waals surface area contributed by atoms with Crippen LogP contribution in [0.1, 0.15) is 37.5 Å². The van der Waals surface area contributed by atoms with Crippen LogP contribution in [0.5, 0.6) is 0 Å². The van der Waals surface area contributed by atoms with Crippen molar-refractivity contribution in [2.45, 2.75) is 44.0 Å². The Bertz CT molecular complexity index is 869. The third-order valence-corrected chi connectivity index (χ3v) is 5.75. The van der Waals surface area contributed by atoms with E-state index in [1.54, 1.807) is 0 Å². The summed E-state index contributed by atoms with van der Waals surface area (Å²) in [5, 5.41) is 4.96. The number of aromatic nitrogens is 1. The molecule has 0 atom stereocenters. The Hall–Kier alpha value is -1.71. The molecule has 0 spiro atoms. The first-order chi connectivity index (χ1) is 11.5. The van der Waals surface area contributed by atoms with E-state index in [0.29, 0.717) is 0 Å². The highest BCUT2D eigenvalue weighted by Gasteiger charge is 2.16. The minimum absolute atomic E-state index is 0.204. The van der Waals surface area contributed by atoms with Crippen molar-refractivity contribution in [3.63, 3.8) is 0 Å². The molecule has 3 heteroatoms. The Labute approximate surface area is 148 Å². The second-order valence-corrected chi connectivity index (χ2v) is 8.63. The zero-order valence-corrected chi connectivity index (χ0v) is 15.4. The summed E-state index contributed by atoms with van der Waals surface area (Å²) in [6.07, 6.45) is 3.42. The summed E-state index contributed by atoms with van der Waals surface area (Å²) in [4.78, 5) is 1.28. The molecule has 2 heterocycles. The van der Waals surface area contributed by atoms with Crippen LogP contribution in [0.15, 0.2) is 53.6 Å². The fourth-order valence-corrected chi connectivity index (χ4v) is 4.32. The fourth-order valence-electron chi connectivity index (χ4n) is 3.40. The zero-order valence-electron chi connectivity index (χ0n) is 14.6.